The molecule has 4 rings (SSSR count). The summed E-state index contributed by atoms with van der Waals surface area (Å²) in [5.41, 5.74) is 0.642. The van der Waals surface area contributed by atoms with Crippen LogP contribution < -0.4 is 10.6 Å². The van der Waals surface area contributed by atoms with E-state index < -0.39 is 16.1 Å². The minimum absolute atomic E-state index is 0.00532. The summed E-state index contributed by atoms with van der Waals surface area (Å²) in [6, 6.07) is 16.8. The highest BCUT2D eigenvalue weighted by Crippen LogP contribution is 2.27. The Morgan fingerprint density at radius 3 is 1.97 bits per heavy atom. The highest BCUT2D eigenvalue weighted by molar-refractivity contribution is 7.89. The molecule has 1 aliphatic heterocycles. The molecular formula is C24H29N3O4S. The van der Waals surface area contributed by atoms with E-state index in [9.17, 15) is 18.0 Å². The van der Waals surface area contributed by atoms with Crippen molar-refractivity contribution in [3.63, 3.8) is 0 Å². The van der Waals surface area contributed by atoms with Gasteiger partial charge in [-0.25, -0.2) is 8.42 Å². The zero-order chi connectivity index (χ0) is 22.6. The number of nitrogens with zero attached hydrogens (tertiary/aromatic N) is 1. The van der Waals surface area contributed by atoms with E-state index >= 15 is 0 Å². The number of benzene rings is 2. The first-order chi connectivity index (χ1) is 15.4. The number of hydrogen-bond donors (Lipinski definition) is 2. The van der Waals surface area contributed by atoms with Crippen LogP contribution in [0, 0.1) is 0 Å². The van der Waals surface area contributed by atoms with E-state index in [4.69, 9.17) is 0 Å². The summed E-state index contributed by atoms with van der Waals surface area (Å²) in [5, 5.41) is 6.13. The largest absolute Gasteiger partial charge is 0.352 e. The highest BCUT2D eigenvalue weighted by Gasteiger charge is 2.40. The average Bonchev–Trinajstić information content (AvgIpc) is 3.33. The fraction of sp³-hybridized carbons (Fsp3) is 0.417. The van der Waals surface area contributed by atoms with Crippen molar-refractivity contribution in [3.8, 4) is 0 Å². The predicted molar refractivity (Wildman–Crippen MR) is 121 cm³/mol. The molecule has 1 atom stereocenters. The van der Waals surface area contributed by atoms with Gasteiger partial charge in [-0.3, -0.25) is 9.59 Å². The molecule has 0 spiro atoms. The lowest BCUT2D eigenvalue weighted by Crippen LogP contribution is -2.50. The van der Waals surface area contributed by atoms with Crippen molar-refractivity contribution in [2.24, 2.45) is 0 Å². The van der Waals surface area contributed by atoms with E-state index in [1.54, 1.807) is 42.5 Å². The fourth-order valence-corrected chi connectivity index (χ4v) is 6.23. The molecule has 1 saturated heterocycles. The smallest absolute Gasteiger partial charge is 0.251 e. The molecule has 32 heavy (non-hydrogen) atoms. The summed E-state index contributed by atoms with van der Waals surface area (Å²) in [7, 11) is -3.70. The number of carbonyl (C=O) groups excluding carboxylic acids is 2. The Bertz CT molecular complexity index is 1040. The van der Waals surface area contributed by atoms with Gasteiger partial charge in [0.2, 0.25) is 15.9 Å². The molecule has 1 heterocycles. The first-order valence-electron chi connectivity index (χ1n) is 11.2. The minimum Gasteiger partial charge on any atom is -0.352 e. The molecule has 2 N–H and O–H groups in total. The van der Waals surface area contributed by atoms with Gasteiger partial charge >= 0.3 is 0 Å². The van der Waals surface area contributed by atoms with Gasteiger partial charge in [0.1, 0.15) is 6.04 Å². The highest BCUT2D eigenvalue weighted by atomic mass is 32.2. The zero-order valence-electron chi connectivity index (χ0n) is 17.9. The topological polar surface area (TPSA) is 95.6 Å². The summed E-state index contributed by atoms with van der Waals surface area (Å²) in [4.78, 5) is 25.5. The molecule has 0 bridgehead atoms. The van der Waals surface area contributed by atoms with Gasteiger partial charge in [0, 0.05) is 24.2 Å². The summed E-state index contributed by atoms with van der Waals surface area (Å²) in [5.74, 6) is -0.301. The van der Waals surface area contributed by atoms with Gasteiger partial charge in [-0.2, -0.15) is 4.31 Å². The second-order valence-electron chi connectivity index (χ2n) is 8.48. The molecule has 0 radical (unpaired) electrons. The van der Waals surface area contributed by atoms with Crippen LogP contribution in [0.25, 0.3) is 0 Å². The van der Waals surface area contributed by atoms with E-state index in [1.165, 1.54) is 4.31 Å². The minimum atomic E-state index is -3.70. The Morgan fingerprint density at radius 2 is 1.34 bits per heavy atom. The molecule has 1 aliphatic carbocycles. The van der Waals surface area contributed by atoms with Crippen molar-refractivity contribution in [2.45, 2.75) is 61.5 Å². The zero-order valence-corrected chi connectivity index (χ0v) is 18.8. The second-order valence-corrected chi connectivity index (χ2v) is 10.4. The molecule has 2 aromatic rings. The molecule has 8 heteroatoms. The molecule has 7 nitrogen and oxygen atoms in total. The van der Waals surface area contributed by atoms with Crippen LogP contribution in [0.3, 0.4) is 0 Å². The van der Waals surface area contributed by atoms with Gasteiger partial charge < -0.3 is 10.6 Å². The van der Waals surface area contributed by atoms with E-state index in [2.05, 4.69) is 10.6 Å². The van der Waals surface area contributed by atoms with Gasteiger partial charge in [0.25, 0.3) is 5.91 Å². The summed E-state index contributed by atoms with van der Waals surface area (Å²) in [6.45, 7) is 0.355. The van der Waals surface area contributed by atoms with Crippen molar-refractivity contribution >= 4 is 21.8 Å². The average molecular weight is 456 g/mol. The molecule has 0 unspecified atom stereocenters. The number of hydrogen-bond acceptors (Lipinski definition) is 4. The maximum Gasteiger partial charge on any atom is 0.251 e. The van der Waals surface area contributed by atoms with Crippen molar-refractivity contribution < 1.29 is 18.0 Å². The molecular weight excluding hydrogens is 426 g/mol. The second kappa shape index (κ2) is 9.83. The molecule has 2 aromatic carbocycles. The quantitative estimate of drug-likeness (QED) is 0.700. The first-order valence-corrected chi connectivity index (χ1v) is 12.6. The molecule has 2 fully saturated rings. The number of amides is 2. The lowest BCUT2D eigenvalue weighted by molar-refractivity contribution is -0.125. The summed E-state index contributed by atoms with van der Waals surface area (Å²) in [6.07, 6.45) is 4.26. The van der Waals surface area contributed by atoms with Crippen LogP contribution in [0.2, 0.25) is 0 Å². The number of rotatable bonds is 6. The Hall–Kier alpha value is -2.71. The van der Waals surface area contributed by atoms with Crippen LogP contribution in [-0.4, -0.2) is 49.2 Å². The van der Waals surface area contributed by atoms with E-state index in [1.807, 2.05) is 18.2 Å². The summed E-state index contributed by atoms with van der Waals surface area (Å²) >= 11 is 0. The Kier molecular flexibility index (Phi) is 6.91. The van der Waals surface area contributed by atoms with Gasteiger partial charge in [0.05, 0.1) is 4.90 Å². The van der Waals surface area contributed by atoms with Crippen LogP contribution in [0.5, 0.6) is 0 Å². The number of sulfonamides is 1. The van der Waals surface area contributed by atoms with Crippen LogP contribution >= 0.6 is 0 Å². The van der Waals surface area contributed by atoms with Crippen LogP contribution in [0.15, 0.2) is 65.6 Å². The van der Waals surface area contributed by atoms with E-state index in [0.717, 1.165) is 25.7 Å². The first kappa shape index (κ1) is 22.5. The maximum absolute atomic E-state index is 13.0. The number of nitrogens with one attached hydrogen (secondary N) is 2. The van der Waals surface area contributed by atoms with Crippen LogP contribution in [-0.2, 0) is 14.8 Å². The lowest BCUT2D eigenvalue weighted by Gasteiger charge is -2.31. The Morgan fingerprint density at radius 1 is 0.781 bits per heavy atom. The summed E-state index contributed by atoms with van der Waals surface area (Å²) < 4.78 is 27.4. The monoisotopic (exact) mass is 455 g/mol. The number of carbonyl (C=O) groups is 2. The third-order valence-electron chi connectivity index (χ3n) is 6.30. The van der Waals surface area contributed by atoms with E-state index in [0.29, 0.717) is 24.9 Å². The SMILES string of the molecule is O=C(NC1CCC(NC(=O)[C@H]2CCCN2S(=O)(=O)c2ccccc2)CC1)c1ccccc1. The molecule has 0 aromatic heterocycles. The lowest BCUT2D eigenvalue weighted by atomic mass is 9.90. The van der Waals surface area contributed by atoms with Crippen molar-refractivity contribution in [3.05, 3.63) is 66.2 Å². The van der Waals surface area contributed by atoms with Crippen LogP contribution in [0.4, 0.5) is 0 Å². The molecule has 2 amide bonds. The van der Waals surface area contributed by atoms with Crippen LogP contribution in [0.1, 0.15) is 48.9 Å². The van der Waals surface area contributed by atoms with Gasteiger partial charge in [-0.1, -0.05) is 36.4 Å². The standard InChI is InChI=1S/C24H29N3O4S/c28-23(18-8-3-1-4-9-18)25-19-13-15-20(16-14-19)26-24(29)22-12-7-17-27(22)32(30,31)21-10-5-2-6-11-21/h1-6,8-11,19-20,22H,7,12-17H2,(H,25,28)(H,26,29)/t19?,20?,22-/m1/s1. The Labute approximate surface area is 189 Å². The van der Waals surface area contributed by atoms with E-state index in [-0.39, 0.29) is 28.8 Å². The molecule has 1 saturated carbocycles. The van der Waals surface area contributed by atoms with Gasteiger partial charge in [-0.15, -0.1) is 0 Å². The van der Waals surface area contributed by atoms with Crippen molar-refractivity contribution in [1.82, 2.24) is 14.9 Å². The molecule has 2 aliphatic rings. The molecule has 170 valence electrons. The normalized spacial score (nSPS) is 24.1. The van der Waals surface area contributed by atoms with Gasteiger partial charge in [-0.05, 0) is 62.8 Å². The van der Waals surface area contributed by atoms with Crippen molar-refractivity contribution in [2.75, 3.05) is 6.54 Å². The third-order valence-corrected chi connectivity index (χ3v) is 8.22. The predicted octanol–water partition coefficient (Wildman–Crippen LogP) is 2.70. The maximum atomic E-state index is 13.0. The third kappa shape index (κ3) is 5.02. The Balaban J connectivity index is 1.30. The van der Waals surface area contributed by atoms with Crippen molar-refractivity contribution in [1.29, 1.82) is 0 Å². The van der Waals surface area contributed by atoms with Gasteiger partial charge in [0.15, 0.2) is 0 Å². The fourth-order valence-electron chi connectivity index (χ4n) is 4.56.